The second-order valence-electron chi connectivity index (χ2n) is 7.25. The third kappa shape index (κ3) is 7.31. The van der Waals surface area contributed by atoms with E-state index < -0.39 is 23.1 Å². The van der Waals surface area contributed by atoms with Crippen molar-refractivity contribution in [3.63, 3.8) is 0 Å². The van der Waals surface area contributed by atoms with E-state index in [0.29, 0.717) is 6.61 Å². The fraction of sp³-hybridized carbons (Fsp3) is 0.579. The number of methoxy groups -OCH3 is 2. The van der Waals surface area contributed by atoms with Crippen molar-refractivity contribution in [2.24, 2.45) is 5.41 Å². The molecule has 7 nitrogen and oxygen atoms in total. The van der Waals surface area contributed by atoms with Crippen molar-refractivity contribution < 1.29 is 28.5 Å². The highest BCUT2D eigenvalue weighted by Gasteiger charge is 2.36. The largest absolute Gasteiger partial charge is 0.497 e. The molecule has 0 aliphatic carbocycles. The van der Waals surface area contributed by atoms with Crippen LogP contribution in [0, 0.1) is 5.41 Å². The monoisotopic (exact) mass is 367 g/mol. The molecular weight excluding hydrogens is 338 g/mol. The Labute approximate surface area is 155 Å². The van der Waals surface area contributed by atoms with E-state index >= 15 is 0 Å². The van der Waals surface area contributed by atoms with Crippen LogP contribution in [-0.4, -0.2) is 45.0 Å². The second kappa shape index (κ2) is 9.43. The molecule has 1 aromatic carbocycles. The average molecular weight is 367 g/mol. The third-order valence-corrected chi connectivity index (χ3v) is 3.55. The van der Waals surface area contributed by atoms with Crippen molar-refractivity contribution in [3.8, 4) is 5.75 Å². The molecule has 7 heteroatoms. The van der Waals surface area contributed by atoms with Gasteiger partial charge in [-0.2, -0.15) is 0 Å². The van der Waals surface area contributed by atoms with Gasteiger partial charge in [-0.05, 0) is 45.4 Å². The summed E-state index contributed by atoms with van der Waals surface area (Å²) in [7, 11) is 2.91. The Hall–Kier alpha value is -2.28. The number of hydrogen-bond donors (Lipinski definition) is 1. The lowest BCUT2D eigenvalue weighted by molar-refractivity contribution is -0.155. The summed E-state index contributed by atoms with van der Waals surface area (Å²) in [5.74, 6) is 0.290. The maximum absolute atomic E-state index is 12.1. The normalized spacial score (nSPS) is 13.5. The van der Waals surface area contributed by atoms with Gasteiger partial charge in [0.2, 0.25) is 0 Å². The summed E-state index contributed by atoms with van der Waals surface area (Å²) in [6.07, 6.45) is -0.595. The van der Waals surface area contributed by atoms with Crippen LogP contribution >= 0.6 is 0 Å². The van der Waals surface area contributed by atoms with E-state index in [1.165, 1.54) is 7.11 Å². The van der Waals surface area contributed by atoms with Crippen LogP contribution in [0.2, 0.25) is 0 Å². The van der Waals surface area contributed by atoms with Gasteiger partial charge >= 0.3 is 12.1 Å². The highest BCUT2D eigenvalue weighted by molar-refractivity contribution is 5.78. The molecule has 0 aliphatic rings. The van der Waals surface area contributed by atoms with Crippen molar-refractivity contribution >= 4 is 12.1 Å². The number of rotatable bonds is 8. The summed E-state index contributed by atoms with van der Waals surface area (Å²) < 4.78 is 20.8. The van der Waals surface area contributed by atoms with E-state index in [0.717, 1.165) is 11.3 Å². The molecule has 0 saturated carbocycles. The fourth-order valence-corrected chi connectivity index (χ4v) is 2.13. The van der Waals surface area contributed by atoms with Gasteiger partial charge in [-0.3, -0.25) is 4.79 Å². The average Bonchev–Trinajstić information content (AvgIpc) is 2.58. The lowest BCUT2D eigenvalue weighted by Crippen LogP contribution is -2.46. The quantitative estimate of drug-likeness (QED) is 0.712. The zero-order valence-corrected chi connectivity index (χ0v) is 16.4. The summed E-state index contributed by atoms with van der Waals surface area (Å²) in [4.78, 5) is 24.0. The van der Waals surface area contributed by atoms with Crippen LogP contribution < -0.4 is 10.1 Å². The molecule has 0 saturated heterocycles. The number of nitrogens with one attached hydrogen (secondary N) is 1. The number of benzene rings is 1. The lowest BCUT2D eigenvalue weighted by Gasteiger charge is -2.27. The fourth-order valence-electron chi connectivity index (χ4n) is 2.13. The van der Waals surface area contributed by atoms with Crippen molar-refractivity contribution in [1.82, 2.24) is 5.32 Å². The van der Waals surface area contributed by atoms with Gasteiger partial charge in [0.05, 0.1) is 27.4 Å². The van der Waals surface area contributed by atoms with Crippen LogP contribution in [0.1, 0.15) is 33.3 Å². The molecule has 0 bridgehead atoms. The van der Waals surface area contributed by atoms with Gasteiger partial charge in [-0.15, -0.1) is 0 Å². The minimum absolute atomic E-state index is 0.0389. The molecule has 1 rings (SSSR count). The van der Waals surface area contributed by atoms with Gasteiger partial charge in [0.25, 0.3) is 0 Å². The third-order valence-electron chi connectivity index (χ3n) is 3.55. The molecule has 1 N–H and O–H groups in total. The molecular formula is C19H29NO6. The molecule has 1 amide bonds. The van der Waals surface area contributed by atoms with E-state index in [4.69, 9.17) is 18.9 Å². The number of alkyl carbamates (subject to hydrolysis) is 1. The summed E-state index contributed by atoms with van der Waals surface area (Å²) in [6.45, 7) is 7.42. The number of ether oxygens (including phenoxy) is 4. The van der Waals surface area contributed by atoms with Crippen molar-refractivity contribution in [3.05, 3.63) is 29.8 Å². The molecule has 0 fully saturated rings. The van der Waals surface area contributed by atoms with Crippen LogP contribution in [0.3, 0.4) is 0 Å². The Balaban J connectivity index is 2.61. The first kappa shape index (κ1) is 21.8. The van der Waals surface area contributed by atoms with E-state index in [1.807, 2.05) is 24.3 Å². The molecule has 0 aromatic heterocycles. The maximum Gasteiger partial charge on any atom is 0.407 e. The SMILES string of the molecule is COC(=O)C(C)(CNC(=O)OC(C)(C)C)COCc1ccc(OC)cc1. The Kier molecular flexibility index (Phi) is 7.89. The van der Waals surface area contributed by atoms with E-state index in [2.05, 4.69) is 5.32 Å². The highest BCUT2D eigenvalue weighted by Crippen LogP contribution is 2.20. The van der Waals surface area contributed by atoms with E-state index in [9.17, 15) is 9.59 Å². The molecule has 0 spiro atoms. The van der Waals surface area contributed by atoms with Gasteiger partial charge in [0, 0.05) is 6.54 Å². The smallest absolute Gasteiger partial charge is 0.407 e. The van der Waals surface area contributed by atoms with Crippen LogP contribution in [0.4, 0.5) is 4.79 Å². The Morgan fingerprint density at radius 2 is 1.65 bits per heavy atom. The number of amides is 1. The number of carbonyl (C=O) groups excluding carboxylic acids is 2. The first-order valence-corrected chi connectivity index (χ1v) is 8.35. The zero-order chi connectivity index (χ0) is 19.8. The highest BCUT2D eigenvalue weighted by atomic mass is 16.6. The van der Waals surface area contributed by atoms with Crippen molar-refractivity contribution in [2.45, 2.75) is 39.9 Å². The summed E-state index contributed by atoms with van der Waals surface area (Å²) in [5.41, 5.74) is -0.701. The number of esters is 1. The van der Waals surface area contributed by atoms with Gasteiger partial charge in [0.15, 0.2) is 0 Å². The van der Waals surface area contributed by atoms with Gasteiger partial charge in [-0.1, -0.05) is 12.1 Å². The molecule has 0 aliphatic heterocycles. The van der Waals surface area contributed by atoms with Crippen molar-refractivity contribution in [1.29, 1.82) is 0 Å². The number of carbonyl (C=O) groups is 2. The van der Waals surface area contributed by atoms with Crippen LogP contribution in [-0.2, 0) is 25.6 Å². The van der Waals surface area contributed by atoms with Gasteiger partial charge in [-0.25, -0.2) is 4.79 Å². The standard InChI is InChI=1S/C19H29NO6/c1-18(2,3)26-17(22)20-12-19(4,16(21)24-6)13-25-11-14-7-9-15(23-5)10-8-14/h7-10H,11-13H2,1-6H3,(H,20,22). The first-order valence-electron chi connectivity index (χ1n) is 8.35. The minimum Gasteiger partial charge on any atom is -0.497 e. The van der Waals surface area contributed by atoms with Gasteiger partial charge in [0.1, 0.15) is 16.8 Å². The van der Waals surface area contributed by atoms with Crippen LogP contribution in [0.25, 0.3) is 0 Å². The molecule has 1 aromatic rings. The molecule has 1 unspecified atom stereocenters. The summed E-state index contributed by atoms with van der Waals surface area (Å²) in [5, 5.41) is 2.60. The minimum atomic E-state index is -1.03. The lowest BCUT2D eigenvalue weighted by atomic mass is 9.92. The Bertz CT molecular complexity index is 593. The second-order valence-corrected chi connectivity index (χ2v) is 7.25. The molecule has 26 heavy (non-hydrogen) atoms. The number of hydrogen-bond acceptors (Lipinski definition) is 6. The summed E-state index contributed by atoms with van der Waals surface area (Å²) >= 11 is 0. The predicted molar refractivity (Wildman–Crippen MR) is 97.0 cm³/mol. The Morgan fingerprint density at radius 1 is 1.04 bits per heavy atom. The molecule has 0 heterocycles. The van der Waals surface area contributed by atoms with Crippen molar-refractivity contribution in [2.75, 3.05) is 27.4 Å². The molecule has 146 valence electrons. The maximum atomic E-state index is 12.1. The predicted octanol–water partition coefficient (Wildman–Crippen LogP) is 2.92. The van der Waals surface area contributed by atoms with E-state index in [1.54, 1.807) is 34.8 Å². The molecule has 1 atom stereocenters. The summed E-state index contributed by atoms with van der Waals surface area (Å²) in [6, 6.07) is 7.44. The Morgan fingerprint density at radius 3 is 2.15 bits per heavy atom. The van der Waals surface area contributed by atoms with Crippen LogP contribution in [0.15, 0.2) is 24.3 Å². The van der Waals surface area contributed by atoms with E-state index in [-0.39, 0.29) is 13.2 Å². The molecule has 0 radical (unpaired) electrons. The zero-order valence-electron chi connectivity index (χ0n) is 16.4. The first-order chi connectivity index (χ1) is 12.1. The van der Waals surface area contributed by atoms with Crippen LogP contribution in [0.5, 0.6) is 5.75 Å². The topological polar surface area (TPSA) is 83.1 Å². The van der Waals surface area contributed by atoms with Gasteiger partial charge < -0.3 is 24.3 Å².